The Bertz CT molecular complexity index is 265. The summed E-state index contributed by atoms with van der Waals surface area (Å²) in [4.78, 5) is 2.51. The summed E-state index contributed by atoms with van der Waals surface area (Å²) in [6, 6.07) is 0.393. The van der Waals surface area contributed by atoms with Crippen molar-refractivity contribution < 1.29 is 0 Å². The van der Waals surface area contributed by atoms with E-state index in [2.05, 4.69) is 53.5 Å². The summed E-state index contributed by atoms with van der Waals surface area (Å²) in [5.74, 6) is 1.40. The van der Waals surface area contributed by atoms with Crippen LogP contribution in [0.15, 0.2) is 0 Å². The minimum atomic E-state index is 0.365. The van der Waals surface area contributed by atoms with Crippen LogP contribution in [-0.4, -0.2) is 31.1 Å². The van der Waals surface area contributed by atoms with Gasteiger partial charge in [0.2, 0.25) is 0 Å². The van der Waals surface area contributed by atoms with Crippen molar-refractivity contribution in [3.8, 4) is 0 Å². The zero-order valence-electron chi connectivity index (χ0n) is 13.6. The molecule has 0 spiro atoms. The molecule has 3 atom stereocenters. The lowest BCUT2D eigenvalue weighted by Crippen LogP contribution is -2.50. The summed E-state index contributed by atoms with van der Waals surface area (Å²) in [7, 11) is 2.26. The highest BCUT2D eigenvalue weighted by atomic mass is 15.1. The van der Waals surface area contributed by atoms with Crippen molar-refractivity contribution in [3.63, 3.8) is 0 Å². The number of hydrogen-bond donors (Lipinski definition) is 1. The second-order valence-corrected chi connectivity index (χ2v) is 8.31. The Hall–Kier alpha value is -0.0800. The molecular weight excluding hydrogens is 220 g/mol. The zero-order valence-corrected chi connectivity index (χ0v) is 13.6. The van der Waals surface area contributed by atoms with Crippen LogP contribution in [0, 0.1) is 22.7 Å². The molecule has 0 saturated heterocycles. The molecule has 1 saturated carbocycles. The van der Waals surface area contributed by atoms with E-state index >= 15 is 0 Å². The molecule has 2 nitrogen and oxygen atoms in total. The molecule has 3 unspecified atom stereocenters. The first-order valence-corrected chi connectivity index (χ1v) is 7.48. The second-order valence-electron chi connectivity index (χ2n) is 8.31. The highest BCUT2D eigenvalue weighted by molar-refractivity contribution is 4.94. The van der Waals surface area contributed by atoms with Gasteiger partial charge in [0.25, 0.3) is 0 Å². The van der Waals surface area contributed by atoms with Gasteiger partial charge in [0.05, 0.1) is 0 Å². The summed E-state index contributed by atoms with van der Waals surface area (Å²) in [5.41, 5.74) is 6.98. The van der Waals surface area contributed by atoms with Crippen molar-refractivity contribution in [2.45, 2.75) is 60.4 Å². The van der Waals surface area contributed by atoms with Crippen LogP contribution in [0.2, 0.25) is 0 Å². The minimum Gasteiger partial charge on any atom is -0.327 e. The lowest BCUT2D eigenvalue weighted by Gasteiger charge is -2.48. The van der Waals surface area contributed by atoms with Gasteiger partial charge in [-0.1, -0.05) is 41.5 Å². The molecule has 0 amide bonds. The molecule has 2 N–H and O–H groups in total. The van der Waals surface area contributed by atoms with E-state index < -0.39 is 0 Å². The van der Waals surface area contributed by atoms with E-state index in [4.69, 9.17) is 5.73 Å². The highest BCUT2D eigenvalue weighted by Gasteiger charge is 2.41. The Labute approximate surface area is 114 Å². The summed E-state index contributed by atoms with van der Waals surface area (Å²) < 4.78 is 0. The van der Waals surface area contributed by atoms with E-state index in [0.29, 0.717) is 22.8 Å². The van der Waals surface area contributed by atoms with Crippen molar-refractivity contribution in [2.75, 3.05) is 20.1 Å². The molecule has 1 aliphatic rings. The Morgan fingerprint density at radius 3 is 2.28 bits per heavy atom. The van der Waals surface area contributed by atoms with Crippen LogP contribution in [-0.2, 0) is 0 Å². The smallest absolute Gasteiger partial charge is 0.00698 e. The van der Waals surface area contributed by atoms with Gasteiger partial charge in [0.1, 0.15) is 0 Å². The van der Waals surface area contributed by atoms with Gasteiger partial charge in [-0.05, 0) is 42.6 Å². The SMILES string of the molecule is CC1C(N)CCC(CN(C)CC(C)(C)C)C1(C)C. The number of rotatable bonds is 3. The van der Waals surface area contributed by atoms with Crippen LogP contribution >= 0.6 is 0 Å². The van der Waals surface area contributed by atoms with Crippen LogP contribution in [0.4, 0.5) is 0 Å². The molecule has 108 valence electrons. The Balaban J connectivity index is 2.61. The maximum Gasteiger partial charge on any atom is 0.00698 e. The summed E-state index contributed by atoms with van der Waals surface area (Å²) in [5, 5.41) is 0. The van der Waals surface area contributed by atoms with Gasteiger partial charge in [0.15, 0.2) is 0 Å². The van der Waals surface area contributed by atoms with Crippen molar-refractivity contribution in [1.82, 2.24) is 4.90 Å². The van der Waals surface area contributed by atoms with E-state index in [9.17, 15) is 0 Å². The van der Waals surface area contributed by atoms with Gasteiger partial charge in [0, 0.05) is 19.1 Å². The average molecular weight is 254 g/mol. The lowest BCUT2D eigenvalue weighted by atomic mass is 9.61. The Kier molecular flexibility index (Phi) is 4.88. The second kappa shape index (κ2) is 5.50. The maximum absolute atomic E-state index is 6.24. The molecule has 0 bridgehead atoms. The van der Waals surface area contributed by atoms with Crippen molar-refractivity contribution in [3.05, 3.63) is 0 Å². The lowest BCUT2D eigenvalue weighted by molar-refractivity contribution is 0.0282. The largest absolute Gasteiger partial charge is 0.327 e. The number of nitrogens with two attached hydrogens (primary N) is 1. The Morgan fingerprint density at radius 2 is 1.78 bits per heavy atom. The van der Waals surface area contributed by atoms with Gasteiger partial charge in [-0.25, -0.2) is 0 Å². The number of nitrogens with zero attached hydrogens (tertiary/aromatic N) is 1. The first-order chi connectivity index (χ1) is 8.04. The standard InChI is InChI=1S/C16H34N2/c1-12-14(17)9-8-13(16(12,5)6)10-18(7)11-15(2,3)4/h12-14H,8-11,17H2,1-7H3. The fraction of sp³-hybridized carbons (Fsp3) is 1.00. The molecule has 0 aromatic carbocycles. The summed E-state index contributed by atoms with van der Waals surface area (Å²) in [6.45, 7) is 16.5. The van der Waals surface area contributed by atoms with E-state index in [1.807, 2.05) is 0 Å². The molecular formula is C16H34N2. The van der Waals surface area contributed by atoms with Crippen molar-refractivity contribution in [2.24, 2.45) is 28.4 Å². The third kappa shape index (κ3) is 3.96. The molecule has 1 fully saturated rings. The number of hydrogen-bond acceptors (Lipinski definition) is 2. The molecule has 0 heterocycles. The van der Waals surface area contributed by atoms with Crippen LogP contribution < -0.4 is 5.73 Å². The van der Waals surface area contributed by atoms with Gasteiger partial charge >= 0.3 is 0 Å². The third-order valence-corrected chi connectivity index (χ3v) is 4.99. The quantitative estimate of drug-likeness (QED) is 0.837. The van der Waals surface area contributed by atoms with Crippen LogP contribution in [0.5, 0.6) is 0 Å². The van der Waals surface area contributed by atoms with E-state index in [1.54, 1.807) is 0 Å². The zero-order chi connectivity index (χ0) is 14.1. The van der Waals surface area contributed by atoms with Gasteiger partial charge < -0.3 is 10.6 Å². The Morgan fingerprint density at radius 1 is 1.22 bits per heavy atom. The van der Waals surface area contributed by atoms with Gasteiger partial charge in [-0.2, -0.15) is 0 Å². The van der Waals surface area contributed by atoms with E-state index in [0.717, 1.165) is 5.92 Å². The average Bonchev–Trinajstić information content (AvgIpc) is 2.17. The van der Waals surface area contributed by atoms with Crippen LogP contribution in [0.25, 0.3) is 0 Å². The monoisotopic (exact) mass is 254 g/mol. The van der Waals surface area contributed by atoms with Crippen LogP contribution in [0.1, 0.15) is 54.4 Å². The predicted octanol–water partition coefficient (Wildman–Crippen LogP) is 3.36. The van der Waals surface area contributed by atoms with Crippen molar-refractivity contribution in [1.29, 1.82) is 0 Å². The fourth-order valence-electron chi connectivity index (χ4n) is 3.52. The summed E-state index contributed by atoms with van der Waals surface area (Å²) >= 11 is 0. The van der Waals surface area contributed by atoms with Gasteiger partial charge in [-0.15, -0.1) is 0 Å². The van der Waals surface area contributed by atoms with Crippen molar-refractivity contribution >= 4 is 0 Å². The maximum atomic E-state index is 6.24. The van der Waals surface area contributed by atoms with E-state index in [1.165, 1.54) is 25.9 Å². The molecule has 0 aromatic rings. The molecule has 0 aliphatic heterocycles. The molecule has 0 radical (unpaired) electrons. The first kappa shape index (κ1) is 16.0. The molecule has 2 heteroatoms. The van der Waals surface area contributed by atoms with E-state index in [-0.39, 0.29) is 0 Å². The molecule has 1 rings (SSSR count). The fourth-order valence-corrected chi connectivity index (χ4v) is 3.52. The first-order valence-electron chi connectivity index (χ1n) is 7.48. The van der Waals surface area contributed by atoms with Gasteiger partial charge in [-0.3, -0.25) is 0 Å². The third-order valence-electron chi connectivity index (χ3n) is 4.99. The minimum absolute atomic E-state index is 0.365. The molecule has 0 aromatic heterocycles. The topological polar surface area (TPSA) is 29.3 Å². The normalized spacial score (nSPS) is 32.8. The molecule has 1 aliphatic carbocycles. The summed E-state index contributed by atoms with van der Waals surface area (Å²) in [6.07, 6.45) is 2.48. The highest BCUT2D eigenvalue weighted by Crippen LogP contribution is 2.44. The van der Waals surface area contributed by atoms with Crippen LogP contribution in [0.3, 0.4) is 0 Å². The molecule has 18 heavy (non-hydrogen) atoms. The predicted molar refractivity (Wildman–Crippen MR) is 80.6 cm³/mol.